The van der Waals surface area contributed by atoms with Gasteiger partial charge in [0.2, 0.25) is 0 Å². The Morgan fingerprint density at radius 2 is 2.00 bits per heavy atom. The molecule has 1 aromatic carbocycles. The van der Waals surface area contributed by atoms with E-state index in [1.165, 1.54) is 18.2 Å². The summed E-state index contributed by atoms with van der Waals surface area (Å²) in [6.45, 7) is 3.24. The zero-order valence-electron chi connectivity index (χ0n) is 11.1. The Balaban J connectivity index is 2.01. The first-order valence-electron chi connectivity index (χ1n) is 6.34. The molecule has 0 aliphatic carbocycles. The topological polar surface area (TPSA) is 63.7 Å². The Morgan fingerprint density at radius 3 is 2.55 bits per heavy atom. The minimum absolute atomic E-state index is 0.0230. The van der Waals surface area contributed by atoms with Crippen molar-refractivity contribution in [1.82, 2.24) is 4.90 Å². The van der Waals surface area contributed by atoms with Crippen molar-refractivity contribution in [3.8, 4) is 5.75 Å². The lowest BCUT2D eigenvalue weighted by Gasteiger charge is -2.16. The molecule has 0 atom stereocenters. The third kappa shape index (κ3) is 3.64. The van der Waals surface area contributed by atoms with Crippen LogP contribution in [0.25, 0.3) is 0 Å². The number of nitrogens with zero attached hydrogens (tertiary/aromatic N) is 1. The van der Waals surface area contributed by atoms with Crippen LogP contribution in [-0.2, 0) is 13.8 Å². The van der Waals surface area contributed by atoms with Gasteiger partial charge in [-0.2, -0.15) is 0 Å². The van der Waals surface area contributed by atoms with Gasteiger partial charge in [-0.3, -0.25) is 4.79 Å². The van der Waals surface area contributed by atoms with Crippen molar-refractivity contribution >= 4 is 25.6 Å². The summed E-state index contributed by atoms with van der Waals surface area (Å²) in [6.07, 6.45) is 2.07. The van der Waals surface area contributed by atoms with Gasteiger partial charge in [0.15, 0.2) is 6.61 Å². The largest absolute Gasteiger partial charge is 0.483 e. The minimum atomic E-state index is -3.74. The molecule has 0 spiro atoms. The van der Waals surface area contributed by atoms with Crippen LogP contribution in [0.15, 0.2) is 23.1 Å². The van der Waals surface area contributed by atoms with Crippen molar-refractivity contribution in [3.05, 3.63) is 23.8 Å². The van der Waals surface area contributed by atoms with Crippen molar-refractivity contribution in [2.75, 3.05) is 19.7 Å². The van der Waals surface area contributed by atoms with Crippen LogP contribution in [0.1, 0.15) is 18.4 Å². The first-order valence-corrected chi connectivity index (χ1v) is 8.65. The van der Waals surface area contributed by atoms with Crippen molar-refractivity contribution < 1.29 is 17.9 Å². The van der Waals surface area contributed by atoms with E-state index in [9.17, 15) is 13.2 Å². The van der Waals surface area contributed by atoms with Gasteiger partial charge in [-0.25, -0.2) is 8.42 Å². The summed E-state index contributed by atoms with van der Waals surface area (Å²) in [4.78, 5) is 13.6. The molecule has 1 aliphatic heterocycles. The van der Waals surface area contributed by atoms with Crippen LogP contribution in [0.5, 0.6) is 5.75 Å². The van der Waals surface area contributed by atoms with Crippen LogP contribution >= 0.6 is 10.7 Å². The van der Waals surface area contributed by atoms with E-state index in [0.717, 1.165) is 25.9 Å². The summed E-state index contributed by atoms with van der Waals surface area (Å²) in [7, 11) is 1.52. The number of amides is 1. The second-order valence-electron chi connectivity index (χ2n) is 4.74. The Hall–Kier alpha value is -1.27. The number of likely N-dealkylation sites (tertiary alicyclic amines) is 1. The predicted molar refractivity (Wildman–Crippen MR) is 75.5 cm³/mol. The van der Waals surface area contributed by atoms with Gasteiger partial charge >= 0.3 is 0 Å². The van der Waals surface area contributed by atoms with Crippen molar-refractivity contribution in [2.24, 2.45) is 0 Å². The average Bonchev–Trinajstić information content (AvgIpc) is 2.89. The van der Waals surface area contributed by atoms with E-state index >= 15 is 0 Å². The zero-order valence-corrected chi connectivity index (χ0v) is 12.7. The second-order valence-corrected chi connectivity index (χ2v) is 7.31. The molecule has 1 amide bonds. The van der Waals surface area contributed by atoms with Crippen LogP contribution in [0.4, 0.5) is 0 Å². The van der Waals surface area contributed by atoms with E-state index in [1.807, 2.05) is 0 Å². The van der Waals surface area contributed by atoms with Crippen LogP contribution < -0.4 is 4.74 Å². The van der Waals surface area contributed by atoms with E-state index in [0.29, 0.717) is 11.3 Å². The fourth-order valence-electron chi connectivity index (χ4n) is 2.13. The molecule has 1 aromatic rings. The molecule has 110 valence electrons. The number of carbonyl (C=O) groups is 1. The number of hydrogen-bond acceptors (Lipinski definition) is 4. The lowest BCUT2D eigenvalue weighted by molar-refractivity contribution is -0.132. The summed E-state index contributed by atoms with van der Waals surface area (Å²) in [5, 5.41) is 0. The Morgan fingerprint density at radius 1 is 1.35 bits per heavy atom. The molecule has 2 rings (SSSR count). The molecule has 0 radical (unpaired) electrons. The maximum Gasteiger partial charge on any atom is 0.261 e. The molecule has 5 nitrogen and oxygen atoms in total. The molecule has 0 aromatic heterocycles. The highest BCUT2D eigenvalue weighted by molar-refractivity contribution is 8.13. The molecule has 0 saturated carbocycles. The Kier molecular flexibility index (Phi) is 4.55. The minimum Gasteiger partial charge on any atom is -0.483 e. The van der Waals surface area contributed by atoms with E-state index in [-0.39, 0.29) is 17.4 Å². The predicted octanol–water partition coefficient (Wildman–Crippen LogP) is 1.92. The highest BCUT2D eigenvalue weighted by atomic mass is 35.7. The SMILES string of the molecule is Cc1cc(S(=O)(=O)Cl)ccc1OCC(=O)N1CCCC1. The molecule has 7 heteroatoms. The van der Waals surface area contributed by atoms with Crippen LogP contribution in [0, 0.1) is 6.92 Å². The summed E-state index contributed by atoms with van der Waals surface area (Å²) in [6, 6.07) is 4.31. The lowest BCUT2D eigenvalue weighted by atomic mass is 10.2. The van der Waals surface area contributed by atoms with Gasteiger partial charge in [-0.1, -0.05) is 0 Å². The van der Waals surface area contributed by atoms with Crippen molar-refractivity contribution in [1.29, 1.82) is 0 Å². The third-order valence-corrected chi connectivity index (χ3v) is 4.59. The number of ether oxygens (including phenoxy) is 1. The normalized spacial score (nSPS) is 15.4. The second kappa shape index (κ2) is 6.01. The number of halogens is 1. The average molecular weight is 318 g/mol. The summed E-state index contributed by atoms with van der Waals surface area (Å²) >= 11 is 0. The number of benzene rings is 1. The Labute approximate surface area is 122 Å². The van der Waals surface area contributed by atoms with Crippen LogP contribution in [-0.4, -0.2) is 38.9 Å². The lowest BCUT2D eigenvalue weighted by Crippen LogP contribution is -2.32. The van der Waals surface area contributed by atoms with E-state index in [2.05, 4.69) is 0 Å². The molecular weight excluding hydrogens is 302 g/mol. The smallest absolute Gasteiger partial charge is 0.261 e. The van der Waals surface area contributed by atoms with Crippen molar-refractivity contribution in [2.45, 2.75) is 24.7 Å². The number of hydrogen-bond donors (Lipinski definition) is 0. The fourth-order valence-corrected chi connectivity index (χ4v) is 2.97. The standard InChI is InChI=1S/C13H16ClNO4S/c1-10-8-11(20(14,17)18)4-5-12(10)19-9-13(16)15-6-2-3-7-15/h4-5,8H,2-3,6-7,9H2,1H3. The van der Waals surface area contributed by atoms with Crippen LogP contribution in [0.3, 0.4) is 0 Å². The molecular formula is C13H16ClNO4S. The number of aryl methyl sites for hydroxylation is 1. The summed E-state index contributed by atoms with van der Waals surface area (Å²) < 4.78 is 27.9. The molecule has 0 N–H and O–H groups in total. The molecule has 0 bridgehead atoms. The van der Waals surface area contributed by atoms with Gasteiger partial charge in [-0.15, -0.1) is 0 Å². The molecule has 0 unspecified atom stereocenters. The first kappa shape index (κ1) is 15.1. The van der Waals surface area contributed by atoms with Gasteiger partial charge < -0.3 is 9.64 Å². The number of carbonyl (C=O) groups excluding carboxylic acids is 1. The highest BCUT2D eigenvalue weighted by Crippen LogP contribution is 2.24. The van der Waals surface area contributed by atoms with Gasteiger partial charge in [0.1, 0.15) is 5.75 Å². The molecule has 1 aliphatic rings. The summed E-state index contributed by atoms with van der Waals surface area (Å²) in [5.74, 6) is 0.442. The molecule has 1 fully saturated rings. The quantitative estimate of drug-likeness (QED) is 0.796. The maximum absolute atomic E-state index is 11.8. The fraction of sp³-hybridized carbons (Fsp3) is 0.462. The Bertz CT molecular complexity index is 609. The van der Waals surface area contributed by atoms with E-state index < -0.39 is 9.05 Å². The third-order valence-electron chi connectivity index (χ3n) is 3.24. The van der Waals surface area contributed by atoms with Gasteiger partial charge in [0, 0.05) is 23.8 Å². The molecule has 1 heterocycles. The molecule has 20 heavy (non-hydrogen) atoms. The van der Waals surface area contributed by atoms with Gasteiger partial charge in [0.05, 0.1) is 4.90 Å². The maximum atomic E-state index is 11.8. The monoisotopic (exact) mass is 317 g/mol. The van der Waals surface area contributed by atoms with Crippen LogP contribution in [0.2, 0.25) is 0 Å². The zero-order chi connectivity index (χ0) is 14.8. The summed E-state index contributed by atoms with van der Waals surface area (Å²) in [5.41, 5.74) is 0.626. The molecule has 1 saturated heterocycles. The van der Waals surface area contributed by atoms with Gasteiger partial charge in [0.25, 0.3) is 15.0 Å². The first-order chi connectivity index (χ1) is 9.38. The highest BCUT2D eigenvalue weighted by Gasteiger charge is 2.18. The van der Waals surface area contributed by atoms with Gasteiger partial charge in [-0.05, 0) is 43.5 Å². The van der Waals surface area contributed by atoms with E-state index in [1.54, 1.807) is 11.8 Å². The number of rotatable bonds is 4. The van der Waals surface area contributed by atoms with Crippen molar-refractivity contribution in [3.63, 3.8) is 0 Å². The van der Waals surface area contributed by atoms with E-state index in [4.69, 9.17) is 15.4 Å².